The van der Waals surface area contributed by atoms with E-state index in [1.807, 2.05) is 18.2 Å². The normalized spacial score (nSPS) is 12.2. The summed E-state index contributed by atoms with van der Waals surface area (Å²) in [6, 6.07) is 11.9. The number of hydrogen-bond acceptors (Lipinski definition) is 2. The van der Waals surface area contributed by atoms with E-state index in [2.05, 4.69) is 5.32 Å². The van der Waals surface area contributed by atoms with E-state index in [4.69, 9.17) is 11.6 Å². The fourth-order valence-corrected chi connectivity index (χ4v) is 2.01. The van der Waals surface area contributed by atoms with Crippen LogP contribution >= 0.6 is 11.6 Å². The third-order valence-corrected chi connectivity index (χ3v) is 3.26. The lowest BCUT2D eigenvalue weighted by Crippen LogP contribution is -2.12. The van der Waals surface area contributed by atoms with Gasteiger partial charge in [-0.15, -0.1) is 0 Å². The van der Waals surface area contributed by atoms with Crippen LogP contribution in [0.25, 0.3) is 0 Å². The number of benzene rings is 2. The molecule has 0 aliphatic rings. The van der Waals surface area contributed by atoms with Crippen molar-refractivity contribution >= 4 is 17.3 Å². The van der Waals surface area contributed by atoms with Gasteiger partial charge in [-0.1, -0.05) is 35.9 Å². The number of aliphatic hydroxyl groups is 1. The Morgan fingerprint density at radius 2 is 2.00 bits per heavy atom. The number of para-hydroxylation sites is 1. The molecule has 0 aliphatic carbocycles. The van der Waals surface area contributed by atoms with Crippen LogP contribution < -0.4 is 5.32 Å². The van der Waals surface area contributed by atoms with Gasteiger partial charge in [0.2, 0.25) is 0 Å². The average Bonchev–Trinajstić information content (AvgIpc) is 2.40. The van der Waals surface area contributed by atoms with Crippen LogP contribution in [0.15, 0.2) is 42.5 Å². The lowest BCUT2D eigenvalue weighted by Gasteiger charge is -2.14. The van der Waals surface area contributed by atoms with Crippen molar-refractivity contribution in [2.45, 2.75) is 13.0 Å². The van der Waals surface area contributed by atoms with Crippen LogP contribution in [0.3, 0.4) is 0 Å². The van der Waals surface area contributed by atoms with Gasteiger partial charge in [0, 0.05) is 6.54 Å². The highest BCUT2D eigenvalue weighted by Crippen LogP contribution is 2.22. The summed E-state index contributed by atoms with van der Waals surface area (Å²) >= 11 is 6.01. The Morgan fingerprint density at radius 1 is 1.26 bits per heavy atom. The van der Waals surface area contributed by atoms with Crippen LogP contribution in [-0.4, -0.2) is 11.7 Å². The van der Waals surface area contributed by atoms with Gasteiger partial charge in [-0.05, 0) is 36.2 Å². The van der Waals surface area contributed by atoms with Gasteiger partial charge >= 0.3 is 0 Å². The summed E-state index contributed by atoms with van der Waals surface area (Å²) in [4.78, 5) is 0. The fraction of sp³-hybridized carbons (Fsp3) is 0.200. The van der Waals surface area contributed by atoms with E-state index >= 15 is 0 Å². The van der Waals surface area contributed by atoms with Crippen LogP contribution in [0, 0.1) is 12.7 Å². The summed E-state index contributed by atoms with van der Waals surface area (Å²) in [6.07, 6.45) is -0.712. The number of aliphatic hydroxyl groups excluding tert-OH is 1. The molecule has 1 unspecified atom stereocenters. The van der Waals surface area contributed by atoms with E-state index in [1.54, 1.807) is 25.1 Å². The molecule has 0 aromatic heterocycles. The number of rotatable bonds is 4. The van der Waals surface area contributed by atoms with Gasteiger partial charge < -0.3 is 10.4 Å². The minimum absolute atomic E-state index is 0.269. The Bertz CT molecular complexity index is 574. The van der Waals surface area contributed by atoms with Gasteiger partial charge in [0.15, 0.2) is 0 Å². The second kappa shape index (κ2) is 6.04. The molecule has 0 bridgehead atoms. The predicted octanol–water partition coefficient (Wildman–Crippen LogP) is 3.93. The molecule has 2 aromatic carbocycles. The Kier molecular flexibility index (Phi) is 4.40. The van der Waals surface area contributed by atoms with Gasteiger partial charge in [-0.25, -0.2) is 4.39 Å². The molecule has 19 heavy (non-hydrogen) atoms. The van der Waals surface area contributed by atoms with Gasteiger partial charge in [-0.2, -0.15) is 0 Å². The maximum absolute atomic E-state index is 13.2. The Labute approximate surface area is 116 Å². The van der Waals surface area contributed by atoms with Crippen LogP contribution in [-0.2, 0) is 0 Å². The number of hydrogen-bond donors (Lipinski definition) is 2. The zero-order valence-electron chi connectivity index (χ0n) is 10.5. The minimum Gasteiger partial charge on any atom is -0.387 e. The smallest absolute Gasteiger partial charge is 0.126 e. The van der Waals surface area contributed by atoms with Crippen molar-refractivity contribution in [3.05, 3.63) is 64.4 Å². The van der Waals surface area contributed by atoms with Crippen molar-refractivity contribution in [2.24, 2.45) is 0 Å². The zero-order chi connectivity index (χ0) is 13.8. The third kappa shape index (κ3) is 3.46. The molecule has 0 radical (unpaired) electrons. The summed E-state index contributed by atoms with van der Waals surface area (Å²) in [6.45, 7) is 1.99. The van der Waals surface area contributed by atoms with Gasteiger partial charge in [0.1, 0.15) is 5.82 Å². The summed E-state index contributed by atoms with van der Waals surface area (Å²) in [5.74, 6) is -0.269. The fourth-order valence-electron chi connectivity index (χ4n) is 1.80. The average molecular weight is 280 g/mol. The molecule has 0 spiro atoms. The highest BCUT2D eigenvalue weighted by Gasteiger charge is 2.09. The summed E-state index contributed by atoms with van der Waals surface area (Å²) in [7, 11) is 0. The number of anilines is 1. The monoisotopic (exact) mass is 279 g/mol. The molecular formula is C15H15ClFNO. The van der Waals surface area contributed by atoms with Gasteiger partial charge in [0.05, 0.1) is 16.8 Å². The van der Waals surface area contributed by atoms with Gasteiger partial charge in [0.25, 0.3) is 0 Å². The molecule has 0 saturated carbocycles. The topological polar surface area (TPSA) is 32.3 Å². The number of halogens is 2. The summed E-state index contributed by atoms with van der Waals surface area (Å²) in [5.41, 5.74) is 1.97. The lowest BCUT2D eigenvalue weighted by atomic mass is 10.1. The van der Waals surface area contributed by atoms with Crippen molar-refractivity contribution in [2.75, 3.05) is 11.9 Å². The molecule has 0 saturated heterocycles. The molecule has 1 atom stereocenters. The molecule has 0 amide bonds. The van der Waals surface area contributed by atoms with Crippen molar-refractivity contribution in [1.82, 2.24) is 0 Å². The third-order valence-electron chi connectivity index (χ3n) is 2.93. The first-order valence-electron chi connectivity index (χ1n) is 6.00. The largest absolute Gasteiger partial charge is 0.387 e. The maximum atomic E-state index is 13.2. The first-order chi connectivity index (χ1) is 9.08. The second-order valence-corrected chi connectivity index (χ2v) is 4.79. The van der Waals surface area contributed by atoms with Crippen LogP contribution in [0.4, 0.5) is 10.1 Å². The summed E-state index contributed by atoms with van der Waals surface area (Å²) < 4.78 is 13.2. The van der Waals surface area contributed by atoms with Gasteiger partial charge in [-0.3, -0.25) is 0 Å². The zero-order valence-corrected chi connectivity index (χ0v) is 11.3. The molecule has 0 heterocycles. The van der Waals surface area contributed by atoms with Crippen LogP contribution in [0.2, 0.25) is 5.02 Å². The van der Waals surface area contributed by atoms with Crippen LogP contribution in [0.1, 0.15) is 17.2 Å². The lowest BCUT2D eigenvalue weighted by molar-refractivity contribution is 0.191. The molecule has 2 rings (SSSR count). The van der Waals surface area contributed by atoms with E-state index < -0.39 is 6.10 Å². The van der Waals surface area contributed by atoms with E-state index in [-0.39, 0.29) is 5.82 Å². The molecule has 2 nitrogen and oxygen atoms in total. The predicted molar refractivity (Wildman–Crippen MR) is 76.0 cm³/mol. The molecule has 100 valence electrons. The number of aryl methyl sites for hydroxylation is 1. The molecule has 0 aliphatic heterocycles. The SMILES string of the molecule is Cc1cc(C(O)CNc2ccccc2Cl)ccc1F. The highest BCUT2D eigenvalue weighted by molar-refractivity contribution is 6.33. The molecule has 2 aromatic rings. The quantitative estimate of drug-likeness (QED) is 0.889. The Hall–Kier alpha value is -1.58. The Balaban J connectivity index is 2.03. The highest BCUT2D eigenvalue weighted by atomic mass is 35.5. The molecule has 0 fully saturated rings. The van der Waals surface area contributed by atoms with E-state index in [9.17, 15) is 9.50 Å². The Morgan fingerprint density at radius 3 is 2.68 bits per heavy atom. The molecular weight excluding hydrogens is 265 g/mol. The van der Waals surface area contributed by atoms with Crippen molar-refractivity contribution in [3.8, 4) is 0 Å². The standard InChI is InChI=1S/C15H15ClFNO/c1-10-8-11(6-7-13(10)17)15(19)9-18-14-5-3-2-4-12(14)16/h2-8,15,18-19H,9H2,1H3. The minimum atomic E-state index is -0.712. The van der Waals surface area contributed by atoms with E-state index in [0.29, 0.717) is 22.7 Å². The van der Waals surface area contributed by atoms with E-state index in [0.717, 1.165) is 5.69 Å². The summed E-state index contributed by atoms with van der Waals surface area (Å²) in [5, 5.41) is 13.7. The van der Waals surface area contributed by atoms with Crippen molar-refractivity contribution in [1.29, 1.82) is 0 Å². The van der Waals surface area contributed by atoms with Crippen LogP contribution in [0.5, 0.6) is 0 Å². The molecule has 4 heteroatoms. The maximum Gasteiger partial charge on any atom is 0.126 e. The van der Waals surface area contributed by atoms with Crippen molar-refractivity contribution in [3.63, 3.8) is 0 Å². The van der Waals surface area contributed by atoms with Crippen molar-refractivity contribution < 1.29 is 9.50 Å². The van der Waals surface area contributed by atoms with E-state index in [1.165, 1.54) is 6.07 Å². The first-order valence-corrected chi connectivity index (χ1v) is 6.38. The number of nitrogens with one attached hydrogen (secondary N) is 1. The second-order valence-electron chi connectivity index (χ2n) is 4.39. The first kappa shape index (κ1) is 13.8. The molecule has 2 N–H and O–H groups in total.